The van der Waals surface area contributed by atoms with Gasteiger partial charge in [0.15, 0.2) is 0 Å². The monoisotopic (exact) mass is 269 g/mol. The second kappa shape index (κ2) is 5.82. The van der Waals surface area contributed by atoms with Gasteiger partial charge in [-0.2, -0.15) is 0 Å². The predicted octanol–water partition coefficient (Wildman–Crippen LogP) is 2.35. The molecular formula is C13H19NO3S. The molecule has 0 amide bonds. The highest BCUT2D eigenvalue weighted by molar-refractivity contribution is 7.12. The van der Waals surface area contributed by atoms with Crippen LogP contribution in [-0.2, 0) is 11.3 Å². The van der Waals surface area contributed by atoms with E-state index in [0.29, 0.717) is 11.4 Å². The van der Waals surface area contributed by atoms with E-state index in [4.69, 9.17) is 9.84 Å². The van der Waals surface area contributed by atoms with Gasteiger partial charge in [0, 0.05) is 26.3 Å². The summed E-state index contributed by atoms with van der Waals surface area (Å²) in [5.74, 6) is -0.834. The predicted molar refractivity (Wildman–Crippen MR) is 71.1 cm³/mol. The van der Waals surface area contributed by atoms with E-state index < -0.39 is 5.97 Å². The number of nitrogens with one attached hydrogen (secondary N) is 1. The van der Waals surface area contributed by atoms with Crippen molar-refractivity contribution in [3.05, 3.63) is 21.9 Å². The Bertz CT molecular complexity index is 410. The van der Waals surface area contributed by atoms with Gasteiger partial charge in [-0.3, -0.25) is 0 Å². The van der Waals surface area contributed by atoms with E-state index in [0.717, 1.165) is 38.2 Å². The molecule has 0 aliphatic carbocycles. The highest BCUT2D eigenvalue weighted by Crippen LogP contribution is 2.28. The zero-order valence-corrected chi connectivity index (χ0v) is 11.4. The summed E-state index contributed by atoms with van der Waals surface area (Å²) in [7, 11) is 0. The number of hydrogen-bond donors (Lipinski definition) is 2. The summed E-state index contributed by atoms with van der Waals surface area (Å²) in [6.07, 6.45) is 2.13. The van der Waals surface area contributed by atoms with Gasteiger partial charge in [-0.25, -0.2) is 4.79 Å². The third-order valence-electron chi connectivity index (χ3n) is 3.51. The fraction of sp³-hybridized carbons (Fsp3) is 0.615. The Morgan fingerprint density at radius 1 is 1.56 bits per heavy atom. The van der Waals surface area contributed by atoms with Gasteiger partial charge in [0.2, 0.25) is 0 Å². The number of carboxylic acids is 1. The standard InChI is InChI=1S/C13H19NO3S/c1-13(3-5-17-6-4-13)9-14-8-10-2-7-18-11(10)12(15)16/h2,7,14H,3-6,8-9H2,1H3,(H,15,16). The lowest BCUT2D eigenvalue weighted by Gasteiger charge is -2.33. The van der Waals surface area contributed by atoms with Crippen molar-refractivity contribution in [1.29, 1.82) is 0 Å². The number of ether oxygens (including phenoxy) is 1. The van der Waals surface area contributed by atoms with Crippen molar-refractivity contribution in [1.82, 2.24) is 5.32 Å². The van der Waals surface area contributed by atoms with E-state index in [1.807, 2.05) is 11.4 Å². The SMILES string of the molecule is CC1(CNCc2ccsc2C(=O)O)CCOCC1. The number of carbonyl (C=O) groups is 1. The van der Waals surface area contributed by atoms with E-state index in [1.165, 1.54) is 11.3 Å². The molecule has 1 aromatic rings. The van der Waals surface area contributed by atoms with Crippen molar-refractivity contribution in [3.8, 4) is 0 Å². The summed E-state index contributed by atoms with van der Waals surface area (Å²) in [4.78, 5) is 11.4. The maximum Gasteiger partial charge on any atom is 0.346 e. The largest absolute Gasteiger partial charge is 0.477 e. The zero-order valence-electron chi connectivity index (χ0n) is 10.6. The number of aromatic carboxylic acids is 1. The normalized spacial score (nSPS) is 18.7. The van der Waals surface area contributed by atoms with Crippen LogP contribution in [0, 0.1) is 5.41 Å². The first-order valence-corrected chi connectivity index (χ1v) is 7.07. The van der Waals surface area contributed by atoms with Gasteiger partial charge in [0.1, 0.15) is 4.88 Å². The Labute approximate surface area is 111 Å². The molecule has 0 atom stereocenters. The number of hydrogen-bond acceptors (Lipinski definition) is 4. The molecule has 0 saturated carbocycles. The van der Waals surface area contributed by atoms with Gasteiger partial charge in [-0.15, -0.1) is 11.3 Å². The Hall–Kier alpha value is -0.910. The second-order valence-corrected chi connectivity index (χ2v) is 6.02. The second-order valence-electron chi connectivity index (χ2n) is 5.11. The number of thiophene rings is 1. The first-order valence-electron chi connectivity index (χ1n) is 6.19. The van der Waals surface area contributed by atoms with E-state index >= 15 is 0 Å². The molecule has 2 heterocycles. The molecule has 1 fully saturated rings. The Morgan fingerprint density at radius 2 is 2.28 bits per heavy atom. The van der Waals surface area contributed by atoms with Gasteiger partial charge < -0.3 is 15.2 Å². The molecule has 18 heavy (non-hydrogen) atoms. The van der Waals surface area contributed by atoms with Gasteiger partial charge in [-0.1, -0.05) is 6.92 Å². The molecular weight excluding hydrogens is 250 g/mol. The topological polar surface area (TPSA) is 58.6 Å². The van der Waals surface area contributed by atoms with Crippen LogP contribution < -0.4 is 5.32 Å². The molecule has 4 nitrogen and oxygen atoms in total. The van der Waals surface area contributed by atoms with Crippen LogP contribution in [0.3, 0.4) is 0 Å². The van der Waals surface area contributed by atoms with Crippen LogP contribution in [0.2, 0.25) is 0 Å². The van der Waals surface area contributed by atoms with Crippen LogP contribution in [0.1, 0.15) is 35.0 Å². The average Bonchev–Trinajstić information content (AvgIpc) is 2.78. The fourth-order valence-electron chi connectivity index (χ4n) is 2.20. The summed E-state index contributed by atoms with van der Waals surface area (Å²) in [5.41, 5.74) is 1.15. The van der Waals surface area contributed by atoms with Crippen LogP contribution in [0.25, 0.3) is 0 Å². The minimum atomic E-state index is -0.834. The lowest BCUT2D eigenvalue weighted by molar-refractivity contribution is 0.0240. The van der Waals surface area contributed by atoms with Crippen molar-refractivity contribution < 1.29 is 14.6 Å². The van der Waals surface area contributed by atoms with Crippen LogP contribution in [-0.4, -0.2) is 30.8 Å². The Balaban J connectivity index is 1.84. The minimum Gasteiger partial charge on any atom is -0.477 e. The Morgan fingerprint density at radius 3 is 2.94 bits per heavy atom. The smallest absolute Gasteiger partial charge is 0.346 e. The van der Waals surface area contributed by atoms with Gasteiger partial charge in [0.05, 0.1) is 0 Å². The molecule has 0 aromatic carbocycles. The van der Waals surface area contributed by atoms with Gasteiger partial charge in [0.25, 0.3) is 0 Å². The minimum absolute atomic E-state index is 0.275. The van der Waals surface area contributed by atoms with E-state index in [2.05, 4.69) is 12.2 Å². The summed E-state index contributed by atoms with van der Waals surface area (Å²) in [6, 6.07) is 1.88. The van der Waals surface area contributed by atoms with Crippen LogP contribution in [0.15, 0.2) is 11.4 Å². The summed E-state index contributed by atoms with van der Waals surface area (Å²) in [5, 5.41) is 14.2. The van der Waals surface area contributed by atoms with Gasteiger partial charge >= 0.3 is 5.97 Å². The molecule has 0 bridgehead atoms. The van der Waals surface area contributed by atoms with Gasteiger partial charge in [-0.05, 0) is 35.3 Å². The maximum atomic E-state index is 11.0. The molecule has 2 rings (SSSR count). The van der Waals surface area contributed by atoms with Crippen LogP contribution >= 0.6 is 11.3 Å². The lowest BCUT2D eigenvalue weighted by atomic mass is 9.82. The third-order valence-corrected chi connectivity index (χ3v) is 4.45. The fourth-order valence-corrected chi connectivity index (χ4v) is 2.96. The number of carboxylic acid groups (broad SMARTS) is 1. The first kappa shape index (κ1) is 13.5. The molecule has 2 N–H and O–H groups in total. The van der Waals surface area contributed by atoms with E-state index in [-0.39, 0.29) is 5.41 Å². The molecule has 0 radical (unpaired) electrons. The quantitative estimate of drug-likeness (QED) is 0.861. The first-order chi connectivity index (χ1) is 8.61. The van der Waals surface area contributed by atoms with Crippen molar-refractivity contribution in [3.63, 3.8) is 0 Å². The third kappa shape index (κ3) is 3.31. The van der Waals surface area contributed by atoms with Crippen molar-refractivity contribution >= 4 is 17.3 Å². The maximum absolute atomic E-state index is 11.0. The van der Waals surface area contributed by atoms with E-state index in [9.17, 15) is 4.79 Å². The average molecular weight is 269 g/mol. The molecule has 0 unspecified atom stereocenters. The summed E-state index contributed by atoms with van der Waals surface area (Å²) in [6.45, 7) is 5.45. The number of rotatable bonds is 5. The lowest BCUT2D eigenvalue weighted by Crippen LogP contribution is -2.36. The molecule has 5 heteroatoms. The van der Waals surface area contributed by atoms with Crippen LogP contribution in [0.4, 0.5) is 0 Å². The molecule has 1 aromatic heterocycles. The molecule has 1 saturated heterocycles. The van der Waals surface area contributed by atoms with Crippen molar-refractivity contribution in [2.24, 2.45) is 5.41 Å². The summed E-state index contributed by atoms with van der Waals surface area (Å²) >= 11 is 1.28. The van der Waals surface area contributed by atoms with Crippen molar-refractivity contribution in [2.45, 2.75) is 26.3 Å². The van der Waals surface area contributed by atoms with Crippen LogP contribution in [0.5, 0.6) is 0 Å². The highest BCUT2D eigenvalue weighted by Gasteiger charge is 2.26. The Kier molecular flexibility index (Phi) is 4.37. The molecule has 1 aliphatic rings. The molecule has 1 aliphatic heterocycles. The van der Waals surface area contributed by atoms with Crippen molar-refractivity contribution in [2.75, 3.05) is 19.8 Å². The zero-order chi connectivity index (χ0) is 13.0. The van der Waals surface area contributed by atoms with E-state index in [1.54, 1.807) is 0 Å². The molecule has 0 spiro atoms. The molecule has 100 valence electrons. The summed E-state index contributed by atoms with van der Waals surface area (Å²) < 4.78 is 5.36. The highest BCUT2D eigenvalue weighted by atomic mass is 32.1.